The Kier molecular flexibility index (Phi) is 4.95. The van der Waals surface area contributed by atoms with Crippen LogP contribution in [0.25, 0.3) is 6.08 Å². The number of nitrogens with zero attached hydrogens (tertiary/aromatic N) is 1. The molecule has 1 saturated heterocycles. The second kappa shape index (κ2) is 7.93. The van der Waals surface area contributed by atoms with Crippen molar-refractivity contribution in [1.29, 1.82) is 0 Å². The molecule has 9 heteroatoms. The molecule has 3 aromatic rings. The molecule has 1 aromatic heterocycles. The number of benzene rings is 2. The Labute approximate surface area is 186 Å². The Morgan fingerprint density at radius 2 is 1.75 bits per heavy atom. The number of imide groups is 2. The molecule has 4 amide bonds. The molecule has 32 heavy (non-hydrogen) atoms. The minimum atomic E-state index is -0.842. The first-order valence-corrected chi connectivity index (χ1v) is 10.4. The second-order valence-electron chi connectivity index (χ2n) is 7.07. The molecule has 0 bridgehead atoms. The van der Waals surface area contributed by atoms with E-state index in [0.29, 0.717) is 22.4 Å². The highest BCUT2D eigenvalue weighted by molar-refractivity contribution is 7.99. The third-order valence-corrected chi connectivity index (χ3v) is 5.77. The fraction of sp³-hybridized carbons (Fsp3) is 0.0870. The Morgan fingerprint density at radius 3 is 2.56 bits per heavy atom. The van der Waals surface area contributed by atoms with E-state index in [-0.39, 0.29) is 18.1 Å². The molecule has 0 aliphatic carbocycles. The van der Waals surface area contributed by atoms with Crippen molar-refractivity contribution in [2.75, 3.05) is 11.7 Å². The number of barbiturate groups is 1. The molecule has 0 radical (unpaired) electrons. The van der Waals surface area contributed by atoms with E-state index in [2.05, 4.69) is 5.32 Å². The van der Waals surface area contributed by atoms with E-state index in [0.717, 1.165) is 15.4 Å². The summed E-state index contributed by atoms with van der Waals surface area (Å²) < 4.78 is 16.3. The SMILES string of the molecule is Cc1ccc(Sc2ccc(/C=C3\C(=O)NC(=O)N(c4ccc5c(c4)OCO5)C3=O)o2)cc1. The lowest BCUT2D eigenvalue weighted by atomic mass is 10.1. The smallest absolute Gasteiger partial charge is 0.335 e. The van der Waals surface area contributed by atoms with E-state index in [1.807, 2.05) is 31.2 Å². The molecule has 0 atom stereocenters. The van der Waals surface area contributed by atoms with Crippen LogP contribution in [0.5, 0.6) is 11.5 Å². The monoisotopic (exact) mass is 448 g/mol. The maximum absolute atomic E-state index is 13.0. The average molecular weight is 448 g/mol. The maximum atomic E-state index is 13.0. The van der Waals surface area contributed by atoms with Gasteiger partial charge in [-0.2, -0.15) is 0 Å². The molecule has 2 aliphatic rings. The van der Waals surface area contributed by atoms with Crippen molar-refractivity contribution in [2.45, 2.75) is 16.9 Å². The number of carbonyl (C=O) groups is 3. The molecule has 0 spiro atoms. The van der Waals surface area contributed by atoms with Crippen molar-refractivity contribution in [3.05, 3.63) is 71.5 Å². The van der Waals surface area contributed by atoms with Crippen LogP contribution in [0.1, 0.15) is 11.3 Å². The summed E-state index contributed by atoms with van der Waals surface area (Å²) in [7, 11) is 0. The van der Waals surface area contributed by atoms with Crippen LogP contribution in [0.3, 0.4) is 0 Å². The highest BCUT2D eigenvalue weighted by Crippen LogP contribution is 2.36. The molecule has 2 aliphatic heterocycles. The van der Waals surface area contributed by atoms with Gasteiger partial charge in [-0.1, -0.05) is 29.5 Å². The van der Waals surface area contributed by atoms with Gasteiger partial charge < -0.3 is 13.9 Å². The van der Waals surface area contributed by atoms with Crippen LogP contribution >= 0.6 is 11.8 Å². The lowest BCUT2D eigenvalue weighted by Gasteiger charge is -2.26. The lowest BCUT2D eigenvalue weighted by molar-refractivity contribution is -0.122. The first-order chi connectivity index (χ1) is 15.5. The fourth-order valence-electron chi connectivity index (χ4n) is 3.25. The van der Waals surface area contributed by atoms with Gasteiger partial charge in [0.1, 0.15) is 11.3 Å². The average Bonchev–Trinajstić information content (AvgIpc) is 3.41. The molecular formula is C23H16N2O6S. The number of hydrogen-bond donors (Lipinski definition) is 1. The number of furan rings is 1. The van der Waals surface area contributed by atoms with E-state index in [4.69, 9.17) is 13.9 Å². The molecule has 1 fully saturated rings. The predicted octanol–water partition coefficient (Wildman–Crippen LogP) is 4.13. The number of ether oxygens (including phenoxy) is 2. The predicted molar refractivity (Wildman–Crippen MR) is 116 cm³/mol. The third-order valence-electron chi connectivity index (χ3n) is 4.84. The van der Waals surface area contributed by atoms with Gasteiger partial charge in [0.05, 0.1) is 5.69 Å². The van der Waals surface area contributed by atoms with Gasteiger partial charge in [0.15, 0.2) is 16.6 Å². The van der Waals surface area contributed by atoms with Gasteiger partial charge in [-0.25, -0.2) is 9.69 Å². The molecule has 160 valence electrons. The molecule has 1 N–H and O–H groups in total. The number of carbonyl (C=O) groups excluding carboxylic acids is 3. The van der Waals surface area contributed by atoms with E-state index in [9.17, 15) is 14.4 Å². The van der Waals surface area contributed by atoms with Crippen molar-refractivity contribution in [2.24, 2.45) is 0 Å². The number of aryl methyl sites for hydroxylation is 1. The lowest BCUT2D eigenvalue weighted by Crippen LogP contribution is -2.54. The summed E-state index contributed by atoms with van der Waals surface area (Å²) in [6.45, 7) is 2.07. The molecule has 3 heterocycles. The number of amides is 4. The second-order valence-corrected chi connectivity index (χ2v) is 8.15. The number of rotatable bonds is 4. The summed E-state index contributed by atoms with van der Waals surface area (Å²) in [5.41, 5.74) is 1.19. The Morgan fingerprint density at radius 1 is 0.969 bits per heavy atom. The molecule has 0 saturated carbocycles. The summed E-state index contributed by atoms with van der Waals surface area (Å²) in [6, 6.07) is 15.2. The maximum Gasteiger partial charge on any atom is 0.335 e. The normalized spacial score (nSPS) is 16.6. The van der Waals surface area contributed by atoms with Gasteiger partial charge in [0, 0.05) is 11.0 Å². The first-order valence-electron chi connectivity index (χ1n) is 9.63. The molecular weight excluding hydrogens is 432 g/mol. The highest BCUT2D eigenvalue weighted by atomic mass is 32.2. The molecule has 2 aromatic carbocycles. The summed E-state index contributed by atoms with van der Waals surface area (Å²) in [5.74, 6) is -0.310. The van der Waals surface area contributed by atoms with Crippen LogP contribution < -0.4 is 19.7 Å². The van der Waals surface area contributed by atoms with Crippen LogP contribution in [-0.4, -0.2) is 24.6 Å². The number of nitrogens with one attached hydrogen (secondary N) is 1. The highest BCUT2D eigenvalue weighted by Gasteiger charge is 2.37. The van der Waals surface area contributed by atoms with Gasteiger partial charge in [0.25, 0.3) is 11.8 Å². The minimum Gasteiger partial charge on any atom is -0.454 e. The standard InChI is InChI=1S/C23H16N2O6S/c1-13-2-6-16(7-3-13)32-20-9-5-15(31-20)11-17-21(26)24-23(28)25(22(17)27)14-4-8-18-19(10-14)30-12-29-18/h2-11H,12H2,1H3,(H,24,26,28)/b17-11+. The zero-order valence-electron chi connectivity index (χ0n) is 16.8. The van der Waals surface area contributed by atoms with E-state index >= 15 is 0 Å². The summed E-state index contributed by atoms with van der Waals surface area (Å²) in [6.07, 6.45) is 1.32. The van der Waals surface area contributed by atoms with E-state index in [1.165, 1.54) is 23.9 Å². The van der Waals surface area contributed by atoms with Crippen LogP contribution in [-0.2, 0) is 9.59 Å². The zero-order chi connectivity index (χ0) is 22.2. The minimum absolute atomic E-state index is 0.0595. The van der Waals surface area contributed by atoms with Crippen molar-refractivity contribution < 1.29 is 28.3 Å². The summed E-state index contributed by atoms with van der Waals surface area (Å²) in [5, 5.41) is 2.79. The van der Waals surface area contributed by atoms with Crippen LogP contribution in [0.4, 0.5) is 10.5 Å². The first kappa shape index (κ1) is 20.0. The van der Waals surface area contributed by atoms with Crippen molar-refractivity contribution >= 4 is 41.4 Å². The molecule has 8 nitrogen and oxygen atoms in total. The van der Waals surface area contributed by atoms with Gasteiger partial charge in [-0.05, 0) is 49.4 Å². The molecule has 5 rings (SSSR count). The van der Waals surface area contributed by atoms with Gasteiger partial charge in [-0.15, -0.1) is 0 Å². The largest absolute Gasteiger partial charge is 0.454 e. The van der Waals surface area contributed by atoms with Crippen LogP contribution in [0.2, 0.25) is 0 Å². The molecule has 0 unspecified atom stereocenters. The number of anilines is 1. The number of urea groups is 1. The summed E-state index contributed by atoms with van der Waals surface area (Å²) in [4.78, 5) is 39.7. The Hall–Kier alpha value is -3.98. The van der Waals surface area contributed by atoms with Gasteiger partial charge in [-0.3, -0.25) is 14.9 Å². The summed E-state index contributed by atoms with van der Waals surface area (Å²) >= 11 is 1.42. The van der Waals surface area contributed by atoms with Crippen LogP contribution in [0.15, 0.2) is 74.6 Å². The number of hydrogen-bond acceptors (Lipinski definition) is 7. The quantitative estimate of drug-likeness (QED) is 0.473. The van der Waals surface area contributed by atoms with Crippen molar-refractivity contribution in [3.8, 4) is 11.5 Å². The van der Waals surface area contributed by atoms with Crippen molar-refractivity contribution in [3.63, 3.8) is 0 Å². The Balaban J connectivity index is 1.41. The fourth-order valence-corrected chi connectivity index (χ4v) is 4.03. The van der Waals surface area contributed by atoms with Crippen LogP contribution in [0, 0.1) is 6.92 Å². The van der Waals surface area contributed by atoms with E-state index in [1.54, 1.807) is 24.3 Å². The third kappa shape index (κ3) is 3.74. The number of fused-ring (bicyclic) bond motifs is 1. The van der Waals surface area contributed by atoms with E-state index < -0.39 is 17.8 Å². The zero-order valence-corrected chi connectivity index (χ0v) is 17.6. The van der Waals surface area contributed by atoms with Crippen molar-refractivity contribution in [1.82, 2.24) is 5.32 Å². The van der Waals surface area contributed by atoms with Gasteiger partial charge in [0.2, 0.25) is 6.79 Å². The topological polar surface area (TPSA) is 98.1 Å². The Bertz CT molecular complexity index is 1280. The van der Waals surface area contributed by atoms with Gasteiger partial charge >= 0.3 is 6.03 Å².